The van der Waals surface area contributed by atoms with Crippen molar-refractivity contribution >= 4 is 22.4 Å². The molecule has 0 unspecified atom stereocenters. The molecule has 3 aromatic carbocycles. The fourth-order valence-corrected chi connectivity index (χ4v) is 3.06. The van der Waals surface area contributed by atoms with Gasteiger partial charge in [-0.1, -0.05) is 30.0 Å². The van der Waals surface area contributed by atoms with Crippen molar-refractivity contribution in [2.24, 2.45) is 5.73 Å². The van der Waals surface area contributed by atoms with Crippen molar-refractivity contribution in [2.75, 3.05) is 5.32 Å². The van der Waals surface area contributed by atoms with Gasteiger partial charge in [-0.05, 0) is 74.9 Å². The molecule has 0 aliphatic carbocycles. The number of aromatic nitrogens is 2. The summed E-state index contributed by atoms with van der Waals surface area (Å²) in [5, 5.41) is 4.29. The van der Waals surface area contributed by atoms with E-state index in [1.165, 1.54) is 0 Å². The summed E-state index contributed by atoms with van der Waals surface area (Å²) in [4.78, 5) is 8.81. The van der Waals surface area contributed by atoms with Crippen LogP contribution in [0.2, 0.25) is 0 Å². The van der Waals surface area contributed by atoms with Crippen LogP contribution in [0, 0.1) is 18.8 Å². The molecule has 0 aliphatic heterocycles. The number of benzene rings is 3. The first kappa shape index (κ1) is 20.4. The van der Waals surface area contributed by atoms with Crippen molar-refractivity contribution in [1.82, 2.24) is 9.97 Å². The van der Waals surface area contributed by atoms with Gasteiger partial charge in [0.25, 0.3) is 0 Å². The van der Waals surface area contributed by atoms with Crippen LogP contribution in [0.5, 0.6) is 11.5 Å². The van der Waals surface area contributed by atoms with E-state index in [1.807, 2.05) is 87.5 Å². The average molecular weight is 409 g/mol. The van der Waals surface area contributed by atoms with Crippen LogP contribution in [0.4, 0.5) is 11.5 Å². The monoisotopic (exact) mass is 408 g/mol. The zero-order chi connectivity index (χ0) is 21.8. The Hall–Kier alpha value is -3.88. The lowest BCUT2D eigenvalue weighted by Gasteiger charge is -2.12. The summed E-state index contributed by atoms with van der Waals surface area (Å²) in [5.74, 6) is 8.53. The van der Waals surface area contributed by atoms with E-state index >= 15 is 0 Å². The third-order valence-corrected chi connectivity index (χ3v) is 4.57. The van der Waals surface area contributed by atoms with Crippen molar-refractivity contribution in [1.29, 1.82) is 0 Å². The number of nitrogens with zero attached hydrogens (tertiary/aromatic N) is 2. The lowest BCUT2D eigenvalue weighted by Crippen LogP contribution is -2.29. The molecule has 0 radical (unpaired) electrons. The summed E-state index contributed by atoms with van der Waals surface area (Å²) in [5.41, 5.74) is 9.07. The zero-order valence-corrected chi connectivity index (χ0v) is 17.8. The van der Waals surface area contributed by atoms with Crippen LogP contribution in [-0.2, 0) is 0 Å². The van der Waals surface area contributed by atoms with Crippen LogP contribution in [0.1, 0.15) is 25.0 Å². The second-order valence-corrected chi connectivity index (χ2v) is 7.95. The summed E-state index contributed by atoms with van der Waals surface area (Å²) in [7, 11) is 0. The van der Waals surface area contributed by atoms with Crippen LogP contribution in [0.15, 0.2) is 73.1 Å². The van der Waals surface area contributed by atoms with Gasteiger partial charge in [-0.3, -0.25) is 0 Å². The van der Waals surface area contributed by atoms with Crippen molar-refractivity contribution in [3.8, 4) is 23.3 Å². The number of hydrogen-bond acceptors (Lipinski definition) is 5. The maximum atomic E-state index is 5.98. The predicted molar refractivity (Wildman–Crippen MR) is 126 cm³/mol. The normalized spacial score (nSPS) is 11.0. The Bertz CT molecular complexity index is 1280. The third-order valence-electron chi connectivity index (χ3n) is 4.57. The minimum Gasteiger partial charge on any atom is -0.457 e. The molecular formula is C26H24N4O. The summed E-state index contributed by atoms with van der Waals surface area (Å²) < 4.78 is 5.98. The summed E-state index contributed by atoms with van der Waals surface area (Å²) in [6.45, 7) is 5.78. The molecule has 0 atom stereocenters. The molecule has 1 heterocycles. The molecule has 0 spiro atoms. The second kappa shape index (κ2) is 8.47. The van der Waals surface area contributed by atoms with E-state index in [-0.39, 0.29) is 0 Å². The van der Waals surface area contributed by atoms with Crippen molar-refractivity contribution in [3.05, 3.63) is 84.2 Å². The van der Waals surface area contributed by atoms with Gasteiger partial charge < -0.3 is 15.8 Å². The lowest BCUT2D eigenvalue weighted by atomic mass is 10.1. The maximum Gasteiger partial charge on any atom is 0.141 e. The molecule has 4 rings (SSSR count). The molecule has 4 aromatic rings. The number of para-hydroxylation sites is 1. The van der Waals surface area contributed by atoms with Crippen LogP contribution in [0.3, 0.4) is 0 Å². The minimum absolute atomic E-state index is 0.551. The highest BCUT2D eigenvalue weighted by Gasteiger charge is 2.08. The molecule has 0 amide bonds. The van der Waals surface area contributed by atoms with Gasteiger partial charge in [0.15, 0.2) is 0 Å². The molecule has 0 aliphatic rings. The smallest absolute Gasteiger partial charge is 0.141 e. The second-order valence-electron chi connectivity index (χ2n) is 7.95. The number of rotatable bonds is 4. The molecule has 0 fully saturated rings. The molecular weight excluding hydrogens is 384 g/mol. The molecule has 154 valence electrons. The topological polar surface area (TPSA) is 73.1 Å². The molecule has 1 aromatic heterocycles. The Kier molecular flexibility index (Phi) is 5.57. The predicted octanol–water partition coefficient (Wildman–Crippen LogP) is 5.56. The van der Waals surface area contributed by atoms with E-state index in [0.29, 0.717) is 0 Å². The van der Waals surface area contributed by atoms with Gasteiger partial charge in [-0.15, -0.1) is 0 Å². The molecule has 0 bridgehead atoms. The van der Waals surface area contributed by atoms with Crippen LogP contribution in [0.25, 0.3) is 10.9 Å². The highest BCUT2D eigenvalue weighted by atomic mass is 16.5. The Morgan fingerprint density at radius 2 is 1.77 bits per heavy atom. The Morgan fingerprint density at radius 1 is 0.968 bits per heavy atom. The fourth-order valence-electron chi connectivity index (χ4n) is 3.06. The van der Waals surface area contributed by atoms with Gasteiger partial charge in [0.1, 0.15) is 23.6 Å². The number of ether oxygens (including phenoxy) is 1. The summed E-state index contributed by atoms with van der Waals surface area (Å²) >= 11 is 0. The number of nitrogens with two attached hydrogens (primary N) is 1. The van der Waals surface area contributed by atoms with Gasteiger partial charge >= 0.3 is 0 Å². The maximum absolute atomic E-state index is 5.98. The first-order valence-electron chi connectivity index (χ1n) is 10.0. The largest absolute Gasteiger partial charge is 0.457 e. The minimum atomic E-state index is -0.551. The molecule has 3 N–H and O–H groups in total. The van der Waals surface area contributed by atoms with Crippen LogP contribution in [-0.4, -0.2) is 15.5 Å². The summed E-state index contributed by atoms with van der Waals surface area (Å²) in [6.07, 6.45) is 1.55. The van der Waals surface area contributed by atoms with Gasteiger partial charge in [-0.2, -0.15) is 0 Å². The standard InChI is InChI=1S/C26H24N4O/c1-18-15-20(10-12-24(18)31-21-7-5-4-6-8-21)30-25-22-16-19(13-14-26(2,3)27)9-11-23(22)28-17-29-25/h4-12,15-17H,27H2,1-3H3,(H,28,29,30). The first-order chi connectivity index (χ1) is 14.9. The van der Waals surface area contributed by atoms with Crippen molar-refractivity contribution in [3.63, 3.8) is 0 Å². The SMILES string of the molecule is Cc1cc(Nc2ncnc3ccc(C#CC(C)(C)N)cc23)ccc1Oc1ccccc1. The highest BCUT2D eigenvalue weighted by molar-refractivity contribution is 5.91. The van der Waals surface area contributed by atoms with Gasteiger partial charge in [0.2, 0.25) is 0 Å². The van der Waals surface area contributed by atoms with Crippen molar-refractivity contribution in [2.45, 2.75) is 26.3 Å². The van der Waals surface area contributed by atoms with E-state index in [1.54, 1.807) is 6.33 Å². The molecule has 0 saturated heterocycles. The molecule has 5 heteroatoms. The molecule has 31 heavy (non-hydrogen) atoms. The first-order valence-corrected chi connectivity index (χ1v) is 10.0. The number of aryl methyl sites for hydroxylation is 1. The number of hydrogen-bond donors (Lipinski definition) is 2. The number of anilines is 2. The van der Waals surface area contributed by atoms with E-state index in [4.69, 9.17) is 10.5 Å². The van der Waals surface area contributed by atoms with E-state index in [9.17, 15) is 0 Å². The van der Waals surface area contributed by atoms with Crippen LogP contribution < -0.4 is 15.8 Å². The molecule has 0 saturated carbocycles. The quantitative estimate of drug-likeness (QED) is 0.432. The zero-order valence-electron chi connectivity index (χ0n) is 17.8. The van der Waals surface area contributed by atoms with Gasteiger partial charge in [-0.25, -0.2) is 9.97 Å². The third kappa shape index (κ3) is 5.19. The Balaban J connectivity index is 1.62. The van der Waals surface area contributed by atoms with Gasteiger partial charge in [0, 0.05) is 16.6 Å². The highest BCUT2D eigenvalue weighted by Crippen LogP contribution is 2.29. The lowest BCUT2D eigenvalue weighted by molar-refractivity contribution is 0.479. The summed E-state index contributed by atoms with van der Waals surface area (Å²) in [6, 6.07) is 21.6. The van der Waals surface area contributed by atoms with E-state index in [2.05, 4.69) is 27.1 Å². The Labute approximate surface area is 182 Å². The van der Waals surface area contributed by atoms with E-state index in [0.717, 1.165) is 45.0 Å². The average Bonchev–Trinajstić information content (AvgIpc) is 2.75. The number of fused-ring (bicyclic) bond motifs is 1. The molecule has 5 nitrogen and oxygen atoms in total. The van der Waals surface area contributed by atoms with E-state index < -0.39 is 5.54 Å². The Morgan fingerprint density at radius 3 is 2.52 bits per heavy atom. The fraction of sp³-hybridized carbons (Fsp3) is 0.154. The van der Waals surface area contributed by atoms with Gasteiger partial charge in [0.05, 0.1) is 11.1 Å². The van der Waals surface area contributed by atoms with Crippen LogP contribution >= 0.6 is 0 Å². The number of nitrogens with one attached hydrogen (secondary N) is 1. The van der Waals surface area contributed by atoms with Crippen molar-refractivity contribution < 1.29 is 4.74 Å².